The second kappa shape index (κ2) is 6.75. The zero-order chi connectivity index (χ0) is 14.7. The zero-order valence-corrected chi connectivity index (χ0v) is 12.9. The van der Waals surface area contributed by atoms with Crippen molar-refractivity contribution in [2.75, 3.05) is 37.6 Å². The summed E-state index contributed by atoms with van der Waals surface area (Å²) in [5.41, 5.74) is 1.80. The van der Waals surface area contributed by atoms with Gasteiger partial charge in [-0.05, 0) is 56.6 Å². The van der Waals surface area contributed by atoms with E-state index in [4.69, 9.17) is 0 Å². The molecule has 4 heteroatoms. The summed E-state index contributed by atoms with van der Waals surface area (Å²) in [7, 11) is 0. The summed E-state index contributed by atoms with van der Waals surface area (Å²) >= 11 is 0. The molecule has 2 saturated heterocycles. The van der Waals surface area contributed by atoms with Gasteiger partial charge >= 0.3 is 0 Å². The topological polar surface area (TPSA) is 18.5 Å². The van der Waals surface area contributed by atoms with Crippen LogP contribution in [0.3, 0.4) is 0 Å². The van der Waals surface area contributed by atoms with Gasteiger partial charge < -0.3 is 10.2 Å². The molecule has 0 aliphatic carbocycles. The Labute approximate surface area is 127 Å². The Morgan fingerprint density at radius 1 is 1.24 bits per heavy atom. The second-order valence-corrected chi connectivity index (χ2v) is 6.20. The molecule has 2 aliphatic heterocycles. The molecular weight excluding hydrogens is 265 g/mol. The fourth-order valence-electron chi connectivity index (χ4n) is 3.55. The molecule has 1 aromatic carbocycles. The summed E-state index contributed by atoms with van der Waals surface area (Å²) in [5, 5.41) is 3.24. The predicted octanol–water partition coefficient (Wildman–Crippen LogP) is 2.61. The van der Waals surface area contributed by atoms with Gasteiger partial charge in [-0.2, -0.15) is 0 Å². The van der Waals surface area contributed by atoms with Gasteiger partial charge in [0.2, 0.25) is 0 Å². The van der Waals surface area contributed by atoms with Crippen LogP contribution in [0.25, 0.3) is 0 Å². The van der Waals surface area contributed by atoms with E-state index in [2.05, 4.69) is 22.0 Å². The van der Waals surface area contributed by atoms with E-state index in [0.717, 1.165) is 37.4 Å². The number of hydrogen-bond donors (Lipinski definition) is 1. The first-order chi connectivity index (χ1) is 10.3. The van der Waals surface area contributed by atoms with Crippen molar-refractivity contribution in [3.63, 3.8) is 0 Å². The molecule has 21 heavy (non-hydrogen) atoms. The van der Waals surface area contributed by atoms with Crippen LogP contribution in [-0.2, 0) is 6.54 Å². The summed E-state index contributed by atoms with van der Waals surface area (Å²) in [6, 6.07) is 6.30. The summed E-state index contributed by atoms with van der Waals surface area (Å²) in [4.78, 5) is 4.80. The number of hydrogen-bond acceptors (Lipinski definition) is 3. The van der Waals surface area contributed by atoms with Crippen LogP contribution in [0.2, 0.25) is 0 Å². The van der Waals surface area contributed by atoms with Gasteiger partial charge in [-0.3, -0.25) is 4.90 Å². The lowest BCUT2D eigenvalue weighted by atomic mass is 10.2. The van der Waals surface area contributed by atoms with Crippen LogP contribution in [0.15, 0.2) is 18.2 Å². The van der Waals surface area contributed by atoms with Crippen molar-refractivity contribution in [1.29, 1.82) is 0 Å². The minimum atomic E-state index is -0.0764. The number of anilines is 1. The first-order valence-electron chi connectivity index (χ1n) is 8.26. The molecule has 0 aromatic heterocycles. The van der Waals surface area contributed by atoms with Gasteiger partial charge in [0, 0.05) is 25.7 Å². The number of nitrogens with one attached hydrogen (secondary N) is 1. The summed E-state index contributed by atoms with van der Waals surface area (Å²) in [6.07, 6.45) is 3.81. The highest BCUT2D eigenvalue weighted by Gasteiger charge is 2.30. The number of likely N-dealkylation sites (tertiary alicyclic amines) is 1. The van der Waals surface area contributed by atoms with Crippen LogP contribution < -0.4 is 10.2 Å². The molecule has 1 unspecified atom stereocenters. The van der Waals surface area contributed by atoms with Crippen molar-refractivity contribution in [1.82, 2.24) is 10.2 Å². The second-order valence-electron chi connectivity index (χ2n) is 6.20. The van der Waals surface area contributed by atoms with Crippen molar-refractivity contribution in [3.8, 4) is 0 Å². The van der Waals surface area contributed by atoms with Crippen molar-refractivity contribution in [2.45, 2.75) is 38.8 Å². The fraction of sp³-hybridized carbons (Fsp3) is 0.647. The van der Waals surface area contributed by atoms with Crippen LogP contribution >= 0.6 is 0 Å². The fourth-order valence-corrected chi connectivity index (χ4v) is 3.55. The van der Waals surface area contributed by atoms with Gasteiger partial charge in [0.25, 0.3) is 0 Å². The van der Waals surface area contributed by atoms with E-state index in [1.165, 1.54) is 32.4 Å². The van der Waals surface area contributed by atoms with Gasteiger partial charge in [-0.15, -0.1) is 0 Å². The SMILES string of the molecule is CCNCc1ccc(N2CCC(N3CCCC3)C2)c(F)c1. The Kier molecular flexibility index (Phi) is 4.76. The third-order valence-corrected chi connectivity index (χ3v) is 4.75. The highest BCUT2D eigenvalue weighted by molar-refractivity contribution is 5.50. The molecule has 3 rings (SSSR count). The van der Waals surface area contributed by atoms with E-state index in [-0.39, 0.29) is 5.82 Å². The molecule has 116 valence electrons. The average molecular weight is 291 g/mol. The Morgan fingerprint density at radius 2 is 2.05 bits per heavy atom. The minimum Gasteiger partial charge on any atom is -0.368 e. The first-order valence-corrected chi connectivity index (χ1v) is 8.26. The van der Waals surface area contributed by atoms with Crippen molar-refractivity contribution >= 4 is 5.69 Å². The molecule has 2 fully saturated rings. The number of rotatable bonds is 5. The molecule has 0 spiro atoms. The molecule has 1 atom stereocenters. The summed E-state index contributed by atoms with van der Waals surface area (Å²) in [5.74, 6) is -0.0764. The molecule has 0 bridgehead atoms. The Balaban J connectivity index is 1.64. The van der Waals surface area contributed by atoms with Crippen LogP contribution in [0, 0.1) is 5.82 Å². The van der Waals surface area contributed by atoms with Crippen LogP contribution in [0.1, 0.15) is 31.7 Å². The van der Waals surface area contributed by atoms with Crippen LogP contribution in [0.4, 0.5) is 10.1 Å². The smallest absolute Gasteiger partial charge is 0.146 e. The standard InChI is InChI=1S/C17H26FN3/c1-2-19-12-14-5-6-17(16(18)11-14)21-10-7-15(13-21)20-8-3-4-9-20/h5-6,11,15,19H,2-4,7-10,12-13H2,1H3. The maximum absolute atomic E-state index is 14.4. The van der Waals surface area contributed by atoms with E-state index in [1.54, 1.807) is 6.07 Å². The quantitative estimate of drug-likeness (QED) is 0.899. The van der Waals surface area contributed by atoms with Gasteiger partial charge in [0.15, 0.2) is 0 Å². The van der Waals surface area contributed by atoms with E-state index in [0.29, 0.717) is 6.04 Å². The monoisotopic (exact) mass is 291 g/mol. The Hall–Kier alpha value is -1.13. The van der Waals surface area contributed by atoms with E-state index in [1.807, 2.05) is 12.1 Å². The number of nitrogens with zero attached hydrogens (tertiary/aromatic N) is 2. The first kappa shape index (κ1) is 14.8. The predicted molar refractivity (Wildman–Crippen MR) is 85.2 cm³/mol. The highest BCUT2D eigenvalue weighted by Crippen LogP contribution is 2.27. The van der Waals surface area contributed by atoms with Crippen LogP contribution in [-0.4, -0.2) is 43.7 Å². The van der Waals surface area contributed by atoms with E-state index in [9.17, 15) is 4.39 Å². The van der Waals surface area contributed by atoms with Gasteiger partial charge in [-0.25, -0.2) is 4.39 Å². The highest BCUT2D eigenvalue weighted by atomic mass is 19.1. The summed E-state index contributed by atoms with van der Waals surface area (Å²) < 4.78 is 14.4. The molecule has 2 aliphatic rings. The molecular formula is C17H26FN3. The summed E-state index contributed by atoms with van der Waals surface area (Å²) in [6.45, 7) is 8.11. The molecule has 0 saturated carbocycles. The van der Waals surface area contributed by atoms with Gasteiger partial charge in [0.1, 0.15) is 5.82 Å². The van der Waals surface area contributed by atoms with Crippen molar-refractivity contribution < 1.29 is 4.39 Å². The zero-order valence-electron chi connectivity index (χ0n) is 12.9. The Morgan fingerprint density at radius 3 is 2.76 bits per heavy atom. The number of halogens is 1. The molecule has 3 nitrogen and oxygen atoms in total. The molecule has 2 heterocycles. The van der Waals surface area contributed by atoms with Crippen molar-refractivity contribution in [2.24, 2.45) is 0 Å². The van der Waals surface area contributed by atoms with E-state index >= 15 is 0 Å². The third-order valence-electron chi connectivity index (χ3n) is 4.75. The minimum absolute atomic E-state index is 0.0764. The lowest BCUT2D eigenvalue weighted by molar-refractivity contribution is 0.260. The Bertz CT molecular complexity index is 471. The average Bonchev–Trinajstić information content (AvgIpc) is 3.15. The third kappa shape index (κ3) is 3.38. The maximum Gasteiger partial charge on any atom is 0.146 e. The number of benzene rings is 1. The largest absolute Gasteiger partial charge is 0.368 e. The molecule has 1 N–H and O–H groups in total. The lowest BCUT2D eigenvalue weighted by Gasteiger charge is -2.24. The van der Waals surface area contributed by atoms with Crippen molar-refractivity contribution in [3.05, 3.63) is 29.6 Å². The molecule has 0 amide bonds. The van der Waals surface area contributed by atoms with Gasteiger partial charge in [-0.1, -0.05) is 13.0 Å². The normalized spacial score (nSPS) is 23.1. The van der Waals surface area contributed by atoms with Crippen LogP contribution in [0.5, 0.6) is 0 Å². The maximum atomic E-state index is 14.4. The lowest BCUT2D eigenvalue weighted by Crippen LogP contribution is -2.35. The molecule has 0 radical (unpaired) electrons. The van der Waals surface area contributed by atoms with Gasteiger partial charge in [0.05, 0.1) is 5.69 Å². The molecule has 1 aromatic rings. The van der Waals surface area contributed by atoms with E-state index < -0.39 is 0 Å².